The van der Waals surface area contributed by atoms with Crippen molar-refractivity contribution in [1.82, 2.24) is 40.2 Å². The Morgan fingerprint density at radius 1 is 1.32 bits per heavy atom. The number of aromatic nitrogens is 7. The number of hydrogen-bond acceptors (Lipinski definition) is 10. The minimum Gasteiger partial charge on any atom is -0.351 e. The van der Waals surface area contributed by atoms with Gasteiger partial charge in [0.25, 0.3) is 17.5 Å². The van der Waals surface area contributed by atoms with Crippen LogP contribution in [0.25, 0.3) is 17.4 Å². The van der Waals surface area contributed by atoms with Gasteiger partial charge in [0, 0.05) is 30.3 Å². The first-order valence-electron chi connectivity index (χ1n) is 9.05. The number of nitrogens with zero attached hydrogens (tertiary/aromatic N) is 8. The van der Waals surface area contributed by atoms with E-state index in [1.165, 1.54) is 35.7 Å². The van der Waals surface area contributed by atoms with Crippen LogP contribution in [0.3, 0.4) is 0 Å². The van der Waals surface area contributed by atoms with Gasteiger partial charge < -0.3 is 9.84 Å². The van der Waals surface area contributed by atoms with Gasteiger partial charge in [-0.3, -0.25) is 14.9 Å². The van der Waals surface area contributed by atoms with Crippen molar-refractivity contribution in [2.45, 2.75) is 12.8 Å². The van der Waals surface area contributed by atoms with E-state index in [-0.39, 0.29) is 29.9 Å². The number of rotatable bonds is 7. The fourth-order valence-corrected chi connectivity index (χ4v) is 2.61. The van der Waals surface area contributed by atoms with Crippen LogP contribution in [-0.4, -0.2) is 52.2 Å². The highest BCUT2D eigenvalue weighted by Gasteiger charge is 2.18. The van der Waals surface area contributed by atoms with Gasteiger partial charge in [0.15, 0.2) is 11.6 Å². The van der Waals surface area contributed by atoms with Gasteiger partial charge in [-0.25, -0.2) is 19.6 Å². The molecule has 4 aromatic rings. The van der Waals surface area contributed by atoms with Crippen molar-refractivity contribution in [2.24, 2.45) is 0 Å². The highest BCUT2D eigenvalue weighted by atomic mass is 16.6. The van der Waals surface area contributed by atoms with Crippen molar-refractivity contribution in [3.63, 3.8) is 0 Å². The third-order valence-corrected chi connectivity index (χ3v) is 4.29. The topological polar surface area (TPSA) is 168 Å². The van der Waals surface area contributed by atoms with E-state index >= 15 is 0 Å². The summed E-state index contributed by atoms with van der Waals surface area (Å²) in [5, 5.41) is 21.4. The first kappa shape index (κ1) is 19.8. The third kappa shape index (κ3) is 4.39. The summed E-state index contributed by atoms with van der Waals surface area (Å²) in [6.45, 7) is 2.08. The highest BCUT2D eigenvalue weighted by Crippen LogP contribution is 2.20. The largest absolute Gasteiger partial charge is 0.351 e. The number of nitro groups is 1. The Labute approximate surface area is 174 Å². The van der Waals surface area contributed by atoms with Gasteiger partial charge in [-0.2, -0.15) is 10.1 Å². The lowest BCUT2D eigenvalue weighted by Crippen LogP contribution is -2.28. The Kier molecular flexibility index (Phi) is 5.38. The van der Waals surface area contributed by atoms with E-state index in [1.807, 2.05) is 6.92 Å². The Bertz CT molecular complexity index is 1210. The van der Waals surface area contributed by atoms with Crippen LogP contribution >= 0.6 is 0 Å². The minimum atomic E-state index is -0.543. The smallest absolute Gasteiger partial charge is 0.287 e. The fraction of sp³-hybridized carbons (Fsp3) is 0.167. The number of amides is 1. The summed E-state index contributed by atoms with van der Waals surface area (Å²) in [6.07, 6.45) is 5.49. The maximum absolute atomic E-state index is 12.5. The highest BCUT2D eigenvalue weighted by molar-refractivity contribution is 5.94. The molecule has 13 heteroatoms. The zero-order chi connectivity index (χ0) is 21.8. The molecular weight excluding hydrogens is 406 g/mol. The lowest BCUT2D eigenvalue weighted by atomic mass is 10.1. The molecule has 0 radical (unpaired) electrons. The first-order chi connectivity index (χ1) is 15.0. The third-order valence-electron chi connectivity index (χ3n) is 4.29. The number of hydrogen-bond donors (Lipinski definition) is 1. The maximum Gasteiger partial charge on any atom is 0.287 e. The molecule has 13 nitrogen and oxygen atoms in total. The summed E-state index contributed by atoms with van der Waals surface area (Å²) in [5.41, 5.74) is 0.595. The molecule has 0 aliphatic heterocycles. The van der Waals surface area contributed by atoms with Crippen LogP contribution in [0.2, 0.25) is 0 Å². The molecule has 0 fully saturated rings. The molecule has 4 aromatic heterocycles. The molecule has 0 saturated heterocycles. The second kappa shape index (κ2) is 8.44. The minimum absolute atomic E-state index is 0.134. The van der Waals surface area contributed by atoms with E-state index in [0.717, 1.165) is 6.20 Å². The average Bonchev–Trinajstić information content (AvgIpc) is 3.50. The lowest BCUT2D eigenvalue weighted by Gasteiger charge is -2.09. The second-order valence-corrected chi connectivity index (χ2v) is 6.47. The van der Waals surface area contributed by atoms with Crippen molar-refractivity contribution >= 4 is 11.6 Å². The summed E-state index contributed by atoms with van der Waals surface area (Å²) in [7, 11) is 0. The molecule has 0 spiro atoms. The molecule has 1 atom stereocenters. The van der Waals surface area contributed by atoms with Crippen molar-refractivity contribution in [3.8, 4) is 17.4 Å². The van der Waals surface area contributed by atoms with Gasteiger partial charge in [-0.15, -0.1) is 0 Å². The average molecular weight is 421 g/mol. The number of nitrogens with one attached hydrogen (secondary N) is 1. The van der Waals surface area contributed by atoms with E-state index in [0.29, 0.717) is 22.9 Å². The van der Waals surface area contributed by atoms with E-state index in [1.54, 1.807) is 12.1 Å². The van der Waals surface area contributed by atoms with Crippen LogP contribution in [0.4, 0.5) is 5.69 Å². The molecule has 4 heterocycles. The monoisotopic (exact) mass is 421 g/mol. The molecule has 1 amide bonds. The summed E-state index contributed by atoms with van der Waals surface area (Å²) >= 11 is 0. The van der Waals surface area contributed by atoms with E-state index in [4.69, 9.17) is 4.52 Å². The molecule has 156 valence electrons. The molecule has 0 saturated carbocycles. The van der Waals surface area contributed by atoms with Crippen LogP contribution in [0.5, 0.6) is 0 Å². The normalized spacial score (nSPS) is 11.8. The molecule has 1 unspecified atom stereocenters. The summed E-state index contributed by atoms with van der Waals surface area (Å²) in [6, 6.07) is 5.92. The van der Waals surface area contributed by atoms with E-state index < -0.39 is 4.92 Å². The molecule has 0 aliphatic rings. The maximum atomic E-state index is 12.5. The van der Waals surface area contributed by atoms with Gasteiger partial charge >= 0.3 is 0 Å². The zero-order valence-electron chi connectivity index (χ0n) is 16.1. The Morgan fingerprint density at radius 2 is 2.19 bits per heavy atom. The predicted octanol–water partition coefficient (Wildman–Crippen LogP) is 1.55. The molecule has 4 rings (SSSR count). The van der Waals surface area contributed by atoms with E-state index in [2.05, 4.69) is 35.5 Å². The summed E-state index contributed by atoms with van der Waals surface area (Å²) in [5.74, 6) is 0.423. The molecule has 1 N–H and O–H groups in total. The second-order valence-electron chi connectivity index (χ2n) is 6.47. The van der Waals surface area contributed by atoms with Gasteiger partial charge in [0.2, 0.25) is 0 Å². The lowest BCUT2D eigenvalue weighted by molar-refractivity contribution is -0.385. The zero-order valence-corrected chi connectivity index (χ0v) is 16.1. The Hall–Kier alpha value is -4.55. The summed E-state index contributed by atoms with van der Waals surface area (Å²) in [4.78, 5) is 38.9. The first-order valence-corrected chi connectivity index (χ1v) is 9.05. The van der Waals surface area contributed by atoms with Crippen molar-refractivity contribution in [2.75, 3.05) is 6.54 Å². The number of carbonyl (C=O) groups excluding carboxylic acids is 1. The van der Waals surface area contributed by atoms with Crippen molar-refractivity contribution in [1.29, 1.82) is 0 Å². The summed E-state index contributed by atoms with van der Waals surface area (Å²) < 4.78 is 6.64. The van der Waals surface area contributed by atoms with Crippen molar-refractivity contribution < 1.29 is 14.2 Å². The molecule has 31 heavy (non-hydrogen) atoms. The van der Waals surface area contributed by atoms with Gasteiger partial charge in [-0.05, 0) is 18.2 Å². The molecule has 0 bridgehead atoms. The molecule has 0 aromatic carbocycles. The Morgan fingerprint density at radius 3 is 2.90 bits per heavy atom. The van der Waals surface area contributed by atoms with Crippen LogP contribution < -0.4 is 5.32 Å². The van der Waals surface area contributed by atoms with Crippen LogP contribution in [0.15, 0.2) is 53.8 Å². The quantitative estimate of drug-likeness (QED) is 0.341. The van der Waals surface area contributed by atoms with Crippen LogP contribution in [0.1, 0.15) is 29.0 Å². The Balaban J connectivity index is 1.39. The molecular formula is C18H15N9O4. The number of pyridine rings is 2. The predicted molar refractivity (Wildman–Crippen MR) is 104 cm³/mol. The fourth-order valence-electron chi connectivity index (χ4n) is 2.61. The van der Waals surface area contributed by atoms with Crippen LogP contribution in [-0.2, 0) is 0 Å². The molecule has 0 aliphatic carbocycles. The van der Waals surface area contributed by atoms with Gasteiger partial charge in [0.1, 0.15) is 24.5 Å². The van der Waals surface area contributed by atoms with Crippen molar-refractivity contribution in [3.05, 3.63) is 70.8 Å². The number of carbonyl (C=O) groups is 1. The SMILES string of the molecule is CC(CNC(=O)c1ccnc(-n2cncn2)c1)c1noc(-c2ccc([N+](=O)[O-])cn2)n1. The van der Waals surface area contributed by atoms with Gasteiger partial charge in [-0.1, -0.05) is 12.1 Å². The van der Waals surface area contributed by atoms with E-state index in [9.17, 15) is 14.9 Å². The standard InChI is InChI=1S/C18H15N9O4/c1-11(16-24-18(31-25-16)14-3-2-13(8-21-14)27(29)30)7-22-17(28)12-4-5-20-15(6-12)26-10-19-9-23-26/h2-6,8-11H,7H2,1H3,(H,22,28). The van der Waals surface area contributed by atoms with Gasteiger partial charge in [0.05, 0.1) is 4.92 Å². The van der Waals surface area contributed by atoms with Crippen LogP contribution in [0, 0.1) is 10.1 Å².